The van der Waals surface area contributed by atoms with Crippen molar-refractivity contribution in [2.75, 3.05) is 0 Å². The molecule has 0 rings (SSSR count). The Bertz CT molecular complexity index is 73.0. The maximum absolute atomic E-state index is 8.54. The first-order valence-electron chi connectivity index (χ1n) is 0.500. The average molecular weight is 118 g/mol. The molecular formula is H2CrO4. The molecule has 0 aliphatic carbocycles. The molecule has 5 heavy (non-hydrogen) atoms. The van der Waals surface area contributed by atoms with E-state index in [1.165, 1.54) is 0 Å². The van der Waals surface area contributed by atoms with Gasteiger partial charge in [-0.15, -0.1) is 0 Å². The van der Waals surface area contributed by atoms with Gasteiger partial charge in [-0.05, 0) is 0 Å². The van der Waals surface area contributed by atoms with E-state index in [0.29, 0.717) is 0 Å². The molecule has 0 amide bonds. The molecule has 2 N–H and O–H groups in total. The molecule has 0 saturated carbocycles. The van der Waals surface area contributed by atoms with Gasteiger partial charge in [0.25, 0.3) is 0 Å². The van der Waals surface area contributed by atoms with E-state index in [9.17, 15) is 0 Å². The molecule has 0 unspecified atom stereocenters. The Kier molecular flexibility index (Phi) is 6.90. The average Bonchev–Trinajstić information content (AvgIpc) is 0.811. The van der Waals surface area contributed by atoms with Crippen LogP contribution in [0.5, 0.6) is 0 Å². The third-order valence-electron chi connectivity index (χ3n) is 0. The number of rotatable bonds is 0. The second-order valence-corrected chi connectivity index (χ2v) is 0.842. The van der Waals surface area contributed by atoms with Crippen molar-refractivity contribution >= 4 is 0 Å². The fraction of sp³-hybridized carbons (Fsp3) is 0. The Morgan fingerprint density at radius 1 is 1.00 bits per heavy atom. The summed E-state index contributed by atoms with van der Waals surface area (Å²) in [6.45, 7) is 0. The van der Waals surface area contributed by atoms with Gasteiger partial charge < -0.3 is 5.48 Å². The van der Waals surface area contributed by atoms with Crippen LogP contribution >= 0.6 is 0 Å². The normalized spacial score (nSPS) is 4.80. The molecule has 0 saturated heterocycles. The minimum absolute atomic E-state index is 0. The number of hydrogen-bond donors (Lipinski definition) is 0. The fourth-order valence-electron chi connectivity index (χ4n) is 0. The van der Waals surface area contributed by atoms with Gasteiger partial charge in [0.1, 0.15) is 0 Å². The van der Waals surface area contributed by atoms with E-state index in [2.05, 4.69) is 0 Å². The molecule has 0 aromatic carbocycles. The third kappa shape index (κ3) is 1210. The Labute approximate surface area is 31.7 Å². The van der Waals surface area contributed by atoms with Gasteiger partial charge in [-0.1, -0.05) is 0 Å². The van der Waals surface area contributed by atoms with Crippen molar-refractivity contribution in [2.24, 2.45) is 0 Å². The van der Waals surface area contributed by atoms with Crippen LogP contribution in [0.15, 0.2) is 0 Å². The van der Waals surface area contributed by atoms with E-state index < -0.39 is 14.0 Å². The molecule has 0 fully saturated rings. The summed E-state index contributed by atoms with van der Waals surface area (Å²) in [6.07, 6.45) is 0. The summed E-state index contributed by atoms with van der Waals surface area (Å²) in [6, 6.07) is 0. The monoisotopic (exact) mass is 118 g/mol. The SMILES string of the molecule is O.[O]=[Cr](=[O])=[O]. The summed E-state index contributed by atoms with van der Waals surface area (Å²) in [7, 11) is 0. The van der Waals surface area contributed by atoms with Crippen LogP contribution in [0.1, 0.15) is 0 Å². The molecule has 32 valence electrons. The molecule has 0 aliphatic heterocycles. The van der Waals surface area contributed by atoms with Crippen molar-refractivity contribution in [3.63, 3.8) is 0 Å². The van der Waals surface area contributed by atoms with Crippen molar-refractivity contribution in [2.45, 2.75) is 0 Å². The van der Waals surface area contributed by atoms with Gasteiger partial charge in [0.2, 0.25) is 0 Å². The van der Waals surface area contributed by atoms with Gasteiger partial charge in [-0.25, -0.2) is 0 Å². The predicted octanol–water partition coefficient (Wildman–Crippen LogP) is -1.18. The van der Waals surface area contributed by atoms with E-state index >= 15 is 0 Å². The summed E-state index contributed by atoms with van der Waals surface area (Å²) < 4.78 is 25.6. The fourth-order valence-corrected chi connectivity index (χ4v) is 0. The summed E-state index contributed by atoms with van der Waals surface area (Å²) in [4.78, 5) is 0. The zero-order chi connectivity index (χ0) is 3.58. The van der Waals surface area contributed by atoms with E-state index in [4.69, 9.17) is 11.4 Å². The van der Waals surface area contributed by atoms with Crippen molar-refractivity contribution in [1.82, 2.24) is 0 Å². The van der Waals surface area contributed by atoms with Gasteiger partial charge in [0.15, 0.2) is 0 Å². The molecule has 5 heteroatoms. The van der Waals surface area contributed by atoms with Gasteiger partial charge in [-0.3, -0.25) is 0 Å². The second-order valence-electron chi connectivity index (χ2n) is 0.204. The van der Waals surface area contributed by atoms with Gasteiger partial charge in [0.05, 0.1) is 0 Å². The third-order valence-corrected chi connectivity index (χ3v) is 0. The quantitative estimate of drug-likeness (QED) is 0.401. The van der Waals surface area contributed by atoms with Crippen LogP contribution < -0.4 is 0 Å². The molecule has 0 atom stereocenters. The predicted molar refractivity (Wildman–Crippen MR) is 5.67 cm³/mol. The maximum atomic E-state index is 8.54. The van der Waals surface area contributed by atoms with Crippen molar-refractivity contribution in [1.29, 1.82) is 0 Å². The van der Waals surface area contributed by atoms with Crippen LogP contribution in [0.2, 0.25) is 0 Å². The molecule has 0 aromatic heterocycles. The molecule has 0 bridgehead atoms. The van der Waals surface area contributed by atoms with Crippen LogP contribution in [0.25, 0.3) is 0 Å². The van der Waals surface area contributed by atoms with Crippen LogP contribution in [0.4, 0.5) is 0 Å². The summed E-state index contributed by atoms with van der Waals surface area (Å²) in [5.41, 5.74) is 0. The van der Waals surface area contributed by atoms with Crippen LogP contribution in [0.3, 0.4) is 0 Å². The zero-order valence-corrected chi connectivity index (χ0v) is 3.41. The molecular weight excluding hydrogens is 116 g/mol. The van der Waals surface area contributed by atoms with Crippen molar-refractivity contribution in [3.05, 3.63) is 0 Å². The Morgan fingerprint density at radius 3 is 1.00 bits per heavy atom. The standard InChI is InChI=1S/Cr.H2O.3O/h;1H2;;;. The van der Waals surface area contributed by atoms with Crippen molar-refractivity contribution < 1.29 is 30.8 Å². The molecule has 0 radical (unpaired) electrons. The first-order valence-corrected chi connectivity index (χ1v) is 2.06. The van der Waals surface area contributed by atoms with E-state index in [1.807, 2.05) is 0 Å². The van der Waals surface area contributed by atoms with E-state index in [1.54, 1.807) is 0 Å². The first-order chi connectivity index (χ1) is 1.73. The second kappa shape index (κ2) is 3.89. The van der Waals surface area contributed by atoms with Crippen LogP contribution in [-0.4, -0.2) is 5.48 Å². The summed E-state index contributed by atoms with van der Waals surface area (Å²) in [5, 5.41) is 0. The molecule has 4 nitrogen and oxygen atoms in total. The van der Waals surface area contributed by atoms with Crippen LogP contribution in [-0.2, 0) is 25.4 Å². The number of hydrogen-bond acceptors (Lipinski definition) is 3. The molecule has 0 aliphatic rings. The van der Waals surface area contributed by atoms with Crippen LogP contribution in [0, 0.1) is 0 Å². The van der Waals surface area contributed by atoms with Gasteiger partial charge >= 0.3 is 25.4 Å². The first kappa shape index (κ1) is 8.86. The zero-order valence-electron chi connectivity index (χ0n) is 2.13. The topological polar surface area (TPSA) is 82.7 Å². The Hall–Kier alpha value is -0.108. The Balaban J connectivity index is 0. The Morgan fingerprint density at radius 2 is 1.00 bits per heavy atom. The van der Waals surface area contributed by atoms with Crippen molar-refractivity contribution in [3.8, 4) is 0 Å². The molecule has 0 spiro atoms. The minimum atomic E-state index is -3.79. The molecule has 0 heterocycles. The molecule has 0 aromatic rings. The van der Waals surface area contributed by atoms with E-state index in [0.717, 1.165) is 0 Å². The van der Waals surface area contributed by atoms with Gasteiger partial charge in [-0.2, -0.15) is 0 Å². The summed E-state index contributed by atoms with van der Waals surface area (Å²) in [5.74, 6) is 0. The van der Waals surface area contributed by atoms with Gasteiger partial charge in [0, 0.05) is 0 Å². The summed E-state index contributed by atoms with van der Waals surface area (Å²) >= 11 is -3.79. The van der Waals surface area contributed by atoms with E-state index in [-0.39, 0.29) is 5.48 Å².